The molecule has 1 aromatic rings. The predicted octanol–water partition coefficient (Wildman–Crippen LogP) is -0.251. The van der Waals surface area contributed by atoms with Crippen LogP contribution < -0.4 is 16.0 Å². The molecule has 0 spiro atoms. The Balaban J connectivity index is 2.27. The number of carbonyl (C=O) groups is 1. The summed E-state index contributed by atoms with van der Waals surface area (Å²) in [4.78, 5) is 14.9. The molecule has 0 bridgehead atoms. The Morgan fingerprint density at radius 1 is 1.31 bits per heavy atom. The normalized spacial score (nSPS) is 22.8. The Morgan fingerprint density at radius 2 is 2.19 bits per heavy atom. The van der Waals surface area contributed by atoms with Crippen molar-refractivity contribution in [2.75, 3.05) is 0 Å². The van der Waals surface area contributed by atoms with Gasteiger partial charge in [0.2, 0.25) is 0 Å². The van der Waals surface area contributed by atoms with E-state index in [1.165, 1.54) is 10.9 Å². The predicted molar refractivity (Wildman–Crippen MR) is 63.1 cm³/mol. The van der Waals surface area contributed by atoms with Gasteiger partial charge in [0.05, 0.1) is 0 Å². The van der Waals surface area contributed by atoms with E-state index in [1.807, 2.05) is 12.2 Å². The molecule has 1 aliphatic carbocycles. The lowest BCUT2D eigenvalue weighted by atomic mass is 10.0. The quantitative estimate of drug-likeness (QED) is 0.625. The topological polar surface area (TPSA) is 44.9 Å². The lowest BCUT2D eigenvalue weighted by molar-refractivity contribution is -0.114. The van der Waals surface area contributed by atoms with Gasteiger partial charge in [-0.15, -0.1) is 0 Å². The van der Waals surface area contributed by atoms with E-state index in [2.05, 4.69) is 23.3 Å². The SMILES string of the molecule is CC1C=c2[nH]c3c(c2CN1)CC(=O)C=CC=3. The highest BCUT2D eigenvalue weighted by molar-refractivity contribution is 5.93. The summed E-state index contributed by atoms with van der Waals surface area (Å²) in [7, 11) is 0. The maximum Gasteiger partial charge on any atom is 0.160 e. The number of fused-ring (bicyclic) bond motifs is 3. The number of ketones is 1. The van der Waals surface area contributed by atoms with Crippen LogP contribution in [0.1, 0.15) is 18.1 Å². The van der Waals surface area contributed by atoms with Gasteiger partial charge in [-0.3, -0.25) is 4.79 Å². The van der Waals surface area contributed by atoms with Crippen molar-refractivity contribution in [2.24, 2.45) is 0 Å². The third-order valence-corrected chi connectivity index (χ3v) is 3.20. The second kappa shape index (κ2) is 3.46. The van der Waals surface area contributed by atoms with Crippen molar-refractivity contribution in [3.8, 4) is 0 Å². The minimum atomic E-state index is 0.176. The zero-order valence-electron chi connectivity index (χ0n) is 9.21. The summed E-state index contributed by atoms with van der Waals surface area (Å²) in [5, 5.41) is 5.65. The van der Waals surface area contributed by atoms with Gasteiger partial charge in [-0.2, -0.15) is 0 Å². The molecule has 3 nitrogen and oxygen atoms in total. The van der Waals surface area contributed by atoms with Crippen molar-refractivity contribution < 1.29 is 4.79 Å². The molecule has 0 aromatic carbocycles. The molecular formula is C13H14N2O. The van der Waals surface area contributed by atoms with E-state index in [4.69, 9.17) is 0 Å². The summed E-state index contributed by atoms with van der Waals surface area (Å²) in [6.45, 7) is 2.98. The first-order valence-corrected chi connectivity index (χ1v) is 5.60. The zero-order chi connectivity index (χ0) is 11.1. The van der Waals surface area contributed by atoms with Gasteiger partial charge in [-0.1, -0.05) is 6.08 Å². The van der Waals surface area contributed by atoms with E-state index in [0.717, 1.165) is 17.5 Å². The van der Waals surface area contributed by atoms with Crippen LogP contribution in [-0.4, -0.2) is 16.8 Å². The monoisotopic (exact) mass is 214 g/mol. The molecule has 0 saturated heterocycles. The second-order valence-electron chi connectivity index (χ2n) is 4.41. The molecule has 0 radical (unpaired) electrons. The van der Waals surface area contributed by atoms with Crippen molar-refractivity contribution in [1.29, 1.82) is 0 Å². The number of carbonyl (C=O) groups excluding carboxylic acids is 1. The molecule has 0 saturated carbocycles. The van der Waals surface area contributed by atoms with Crippen molar-refractivity contribution in [3.63, 3.8) is 0 Å². The molecule has 2 N–H and O–H groups in total. The van der Waals surface area contributed by atoms with Gasteiger partial charge < -0.3 is 10.3 Å². The van der Waals surface area contributed by atoms with Crippen LogP contribution in [-0.2, 0) is 17.8 Å². The molecule has 3 rings (SSSR count). The fraction of sp³-hybridized carbons (Fsp3) is 0.308. The van der Waals surface area contributed by atoms with E-state index >= 15 is 0 Å². The van der Waals surface area contributed by atoms with Crippen molar-refractivity contribution in [1.82, 2.24) is 10.3 Å². The van der Waals surface area contributed by atoms with Gasteiger partial charge in [-0.25, -0.2) is 0 Å². The third kappa shape index (κ3) is 1.44. The lowest BCUT2D eigenvalue weighted by Crippen LogP contribution is -2.33. The average molecular weight is 214 g/mol. The Bertz CT molecular complexity index is 592. The van der Waals surface area contributed by atoms with Gasteiger partial charge in [0.1, 0.15) is 0 Å². The smallest absolute Gasteiger partial charge is 0.160 e. The van der Waals surface area contributed by atoms with Crippen LogP contribution in [0.4, 0.5) is 0 Å². The first kappa shape index (κ1) is 9.60. The van der Waals surface area contributed by atoms with Gasteiger partial charge >= 0.3 is 0 Å². The van der Waals surface area contributed by atoms with E-state index in [9.17, 15) is 4.79 Å². The third-order valence-electron chi connectivity index (χ3n) is 3.20. The van der Waals surface area contributed by atoms with Crippen LogP contribution in [0.25, 0.3) is 12.2 Å². The van der Waals surface area contributed by atoms with Crippen molar-refractivity contribution in [3.05, 3.63) is 34.0 Å². The van der Waals surface area contributed by atoms with Crippen LogP contribution in [0.3, 0.4) is 0 Å². The number of aromatic nitrogens is 1. The number of nitrogens with one attached hydrogen (secondary N) is 2. The Kier molecular flexibility index (Phi) is 2.07. The van der Waals surface area contributed by atoms with E-state index in [1.54, 1.807) is 6.08 Å². The Morgan fingerprint density at radius 3 is 3.06 bits per heavy atom. The first-order chi connectivity index (χ1) is 7.74. The minimum absolute atomic E-state index is 0.176. The second-order valence-corrected chi connectivity index (χ2v) is 4.41. The highest BCUT2D eigenvalue weighted by atomic mass is 16.1. The van der Waals surface area contributed by atoms with Crippen LogP contribution >= 0.6 is 0 Å². The van der Waals surface area contributed by atoms with Crippen molar-refractivity contribution >= 4 is 17.9 Å². The summed E-state index contributed by atoms with van der Waals surface area (Å²) in [6, 6.07) is 0.390. The number of allylic oxidation sites excluding steroid dienone is 2. The summed E-state index contributed by atoms with van der Waals surface area (Å²) in [5.74, 6) is 0.176. The molecule has 1 atom stereocenters. The van der Waals surface area contributed by atoms with Gasteiger partial charge in [0.15, 0.2) is 5.78 Å². The molecule has 82 valence electrons. The van der Waals surface area contributed by atoms with Gasteiger partial charge in [-0.05, 0) is 36.3 Å². The van der Waals surface area contributed by atoms with Gasteiger partial charge in [0.25, 0.3) is 0 Å². The molecule has 3 heteroatoms. The molecular weight excluding hydrogens is 200 g/mol. The lowest BCUT2D eigenvalue weighted by Gasteiger charge is -2.14. The minimum Gasteiger partial charge on any atom is -0.355 e. The number of rotatable bonds is 0. The Labute approximate surface area is 93.6 Å². The summed E-state index contributed by atoms with van der Waals surface area (Å²) < 4.78 is 0. The van der Waals surface area contributed by atoms with Crippen LogP contribution in [0, 0.1) is 0 Å². The molecule has 1 unspecified atom stereocenters. The molecule has 16 heavy (non-hydrogen) atoms. The number of hydrogen-bond acceptors (Lipinski definition) is 2. The number of hydrogen-bond donors (Lipinski definition) is 2. The van der Waals surface area contributed by atoms with Crippen molar-refractivity contribution in [2.45, 2.75) is 25.9 Å². The average Bonchev–Trinajstić information content (AvgIpc) is 2.45. The fourth-order valence-electron chi connectivity index (χ4n) is 2.37. The number of aromatic amines is 1. The van der Waals surface area contributed by atoms with Gasteiger partial charge in [0, 0.05) is 29.7 Å². The number of H-pyrrole nitrogens is 1. The highest BCUT2D eigenvalue weighted by Crippen LogP contribution is 2.07. The van der Waals surface area contributed by atoms with E-state index in [-0.39, 0.29) is 5.78 Å². The van der Waals surface area contributed by atoms with E-state index < -0.39 is 0 Å². The largest absolute Gasteiger partial charge is 0.355 e. The summed E-state index contributed by atoms with van der Waals surface area (Å²) >= 11 is 0. The molecule has 0 fully saturated rings. The molecule has 2 aliphatic rings. The van der Waals surface area contributed by atoms with E-state index in [0.29, 0.717) is 12.5 Å². The standard InChI is InChI=1S/C13H14N2O/c1-8-5-13-11(7-14-8)10-6-9(16)3-2-4-12(10)15-13/h2-5,8,14-15H,6-7H2,1H3. The molecule has 1 aliphatic heterocycles. The summed E-state index contributed by atoms with van der Waals surface area (Å²) in [6.07, 6.45) is 8.14. The molecule has 0 amide bonds. The van der Waals surface area contributed by atoms with Crippen LogP contribution in [0.2, 0.25) is 0 Å². The highest BCUT2D eigenvalue weighted by Gasteiger charge is 2.16. The maximum absolute atomic E-state index is 11.5. The Hall–Kier alpha value is -1.61. The zero-order valence-corrected chi connectivity index (χ0v) is 9.21. The summed E-state index contributed by atoms with van der Waals surface area (Å²) in [5.41, 5.74) is 2.40. The maximum atomic E-state index is 11.5. The first-order valence-electron chi connectivity index (χ1n) is 5.60. The van der Waals surface area contributed by atoms with Crippen LogP contribution in [0.5, 0.6) is 0 Å². The van der Waals surface area contributed by atoms with Crippen LogP contribution in [0.15, 0.2) is 12.2 Å². The fourth-order valence-corrected chi connectivity index (χ4v) is 2.37. The molecule has 2 heterocycles. The molecule has 1 aromatic heterocycles.